The van der Waals surface area contributed by atoms with Gasteiger partial charge in [0, 0.05) is 10.8 Å². The molecule has 0 saturated heterocycles. The van der Waals surface area contributed by atoms with Crippen molar-refractivity contribution in [3.05, 3.63) is 65.2 Å². The summed E-state index contributed by atoms with van der Waals surface area (Å²) in [7, 11) is 0. The number of hydrogen-bond acceptors (Lipinski definition) is 2. The maximum atomic E-state index is 10.9. The van der Waals surface area contributed by atoms with Gasteiger partial charge >= 0.3 is 0 Å². The molecule has 3 atom stereocenters. The van der Waals surface area contributed by atoms with Crippen LogP contribution in [0.4, 0.5) is 0 Å². The molecular formula is C23H23ClO2. The number of halogens is 1. The Hall–Kier alpha value is -1.95. The van der Waals surface area contributed by atoms with E-state index in [1.54, 1.807) is 6.07 Å². The van der Waals surface area contributed by atoms with Crippen molar-refractivity contribution in [2.24, 2.45) is 5.92 Å². The first-order valence-electron chi connectivity index (χ1n) is 9.26. The molecule has 2 aromatic carbocycles. The van der Waals surface area contributed by atoms with Crippen LogP contribution in [0.3, 0.4) is 0 Å². The van der Waals surface area contributed by atoms with Crippen LogP contribution in [-0.4, -0.2) is 15.8 Å². The van der Waals surface area contributed by atoms with Crippen LogP contribution in [0.25, 0.3) is 0 Å². The number of aliphatic hydroxyl groups is 1. The third kappa shape index (κ3) is 3.00. The molecule has 2 N–H and O–H groups in total. The molecule has 3 heteroatoms. The Kier molecular flexibility index (Phi) is 4.47. The summed E-state index contributed by atoms with van der Waals surface area (Å²) in [4.78, 5) is 0. The lowest BCUT2D eigenvalue weighted by atomic mass is 9.53. The van der Waals surface area contributed by atoms with E-state index in [0.29, 0.717) is 24.5 Å². The van der Waals surface area contributed by atoms with Gasteiger partial charge < -0.3 is 10.2 Å². The fourth-order valence-corrected chi connectivity index (χ4v) is 5.34. The predicted molar refractivity (Wildman–Crippen MR) is 104 cm³/mol. The van der Waals surface area contributed by atoms with Crippen LogP contribution in [0.15, 0.2) is 48.5 Å². The molecular weight excluding hydrogens is 344 g/mol. The second kappa shape index (κ2) is 6.65. The zero-order valence-corrected chi connectivity index (χ0v) is 15.5. The van der Waals surface area contributed by atoms with Crippen LogP contribution < -0.4 is 0 Å². The van der Waals surface area contributed by atoms with E-state index in [4.69, 9.17) is 11.6 Å². The highest BCUT2D eigenvalue weighted by atomic mass is 35.5. The van der Waals surface area contributed by atoms with Crippen molar-refractivity contribution >= 4 is 11.6 Å². The molecule has 2 nitrogen and oxygen atoms in total. The van der Waals surface area contributed by atoms with Gasteiger partial charge in [0.15, 0.2) is 0 Å². The second-order valence-corrected chi connectivity index (χ2v) is 8.04. The van der Waals surface area contributed by atoms with E-state index >= 15 is 0 Å². The van der Waals surface area contributed by atoms with Crippen LogP contribution in [0.5, 0.6) is 5.75 Å². The van der Waals surface area contributed by atoms with Gasteiger partial charge in [-0.2, -0.15) is 0 Å². The van der Waals surface area contributed by atoms with Gasteiger partial charge in [0.1, 0.15) is 11.4 Å². The van der Waals surface area contributed by atoms with E-state index in [2.05, 4.69) is 41.6 Å². The van der Waals surface area contributed by atoms with Gasteiger partial charge in [-0.3, -0.25) is 0 Å². The molecule has 2 aliphatic rings. The molecule has 0 spiro atoms. The van der Waals surface area contributed by atoms with Crippen molar-refractivity contribution in [1.29, 1.82) is 0 Å². The minimum Gasteiger partial charge on any atom is -0.508 e. The van der Waals surface area contributed by atoms with E-state index in [1.807, 2.05) is 12.1 Å². The molecule has 1 unspecified atom stereocenters. The number of rotatable bonds is 2. The second-order valence-electron chi connectivity index (χ2n) is 7.85. The fourth-order valence-electron chi connectivity index (χ4n) is 5.16. The SMILES string of the molecule is Oc1ccc2c(c1)CCC1C[C@@](O)(C#CCl)CC[C@@]21Cc1ccccc1. The lowest BCUT2D eigenvalue weighted by Crippen LogP contribution is -2.50. The Bertz CT molecular complexity index is 867. The van der Waals surface area contributed by atoms with Gasteiger partial charge in [-0.05, 0) is 84.9 Å². The molecule has 2 aromatic rings. The van der Waals surface area contributed by atoms with Gasteiger partial charge in [-0.15, -0.1) is 0 Å². The Morgan fingerprint density at radius 3 is 2.69 bits per heavy atom. The van der Waals surface area contributed by atoms with Crippen LogP contribution in [0.1, 0.15) is 42.4 Å². The molecule has 0 aromatic heterocycles. The minimum absolute atomic E-state index is 0.0249. The number of aromatic hydroxyl groups is 1. The van der Waals surface area contributed by atoms with E-state index in [9.17, 15) is 10.2 Å². The summed E-state index contributed by atoms with van der Waals surface area (Å²) in [5.41, 5.74) is 2.87. The first-order chi connectivity index (χ1) is 12.5. The molecule has 0 radical (unpaired) electrons. The average Bonchev–Trinajstić information content (AvgIpc) is 2.63. The Balaban J connectivity index is 1.79. The summed E-state index contributed by atoms with van der Waals surface area (Å²) < 4.78 is 0. The van der Waals surface area contributed by atoms with Crippen LogP contribution in [0, 0.1) is 17.2 Å². The summed E-state index contributed by atoms with van der Waals surface area (Å²) in [6.07, 6.45) is 5.01. The van der Waals surface area contributed by atoms with Gasteiger partial charge in [0.25, 0.3) is 0 Å². The summed E-state index contributed by atoms with van der Waals surface area (Å²) in [6.45, 7) is 0. The van der Waals surface area contributed by atoms with Crippen molar-refractivity contribution in [3.63, 3.8) is 0 Å². The first-order valence-corrected chi connectivity index (χ1v) is 9.64. The van der Waals surface area contributed by atoms with Crippen LogP contribution in [0.2, 0.25) is 0 Å². The summed E-state index contributed by atoms with van der Waals surface area (Å²) in [5.74, 6) is 3.51. The van der Waals surface area contributed by atoms with Crippen molar-refractivity contribution in [2.75, 3.05) is 0 Å². The van der Waals surface area contributed by atoms with Crippen molar-refractivity contribution in [1.82, 2.24) is 0 Å². The summed E-state index contributed by atoms with van der Waals surface area (Å²) >= 11 is 5.61. The lowest BCUT2D eigenvalue weighted by Gasteiger charge is -2.52. The van der Waals surface area contributed by atoms with Crippen molar-refractivity contribution < 1.29 is 10.2 Å². The molecule has 0 heterocycles. The molecule has 26 heavy (non-hydrogen) atoms. The first kappa shape index (κ1) is 17.5. The summed E-state index contributed by atoms with van der Waals surface area (Å²) in [5, 5.41) is 23.2. The third-order valence-corrected chi connectivity index (χ3v) is 6.47. The van der Waals surface area contributed by atoms with Crippen molar-refractivity contribution in [3.8, 4) is 17.0 Å². The number of phenolic OH excluding ortho intramolecular Hbond substituents is 1. The molecule has 134 valence electrons. The van der Waals surface area contributed by atoms with Gasteiger partial charge in [0.2, 0.25) is 0 Å². The quantitative estimate of drug-likeness (QED) is 0.765. The third-order valence-electron chi connectivity index (χ3n) is 6.38. The molecule has 0 aliphatic heterocycles. The monoisotopic (exact) mass is 366 g/mol. The topological polar surface area (TPSA) is 40.5 Å². The largest absolute Gasteiger partial charge is 0.508 e. The zero-order valence-electron chi connectivity index (χ0n) is 14.7. The van der Waals surface area contributed by atoms with E-state index in [-0.39, 0.29) is 5.41 Å². The molecule has 0 amide bonds. The Morgan fingerprint density at radius 1 is 1.12 bits per heavy atom. The number of aryl methyl sites for hydroxylation is 1. The number of phenols is 1. The smallest absolute Gasteiger partial charge is 0.127 e. The zero-order chi connectivity index (χ0) is 18.2. The number of fused-ring (bicyclic) bond motifs is 3. The molecule has 2 aliphatic carbocycles. The Morgan fingerprint density at radius 2 is 1.92 bits per heavy atom. The van der Waals surface area contributed by atoms with Crippen LogP contribution >= 0.6 is 11.6 Å². The fraction of sp³-hybridized carbons (Fsp3) is 0.391. The molecule has 4 rings (SSSR count). The average molecular weight is 367 g/mol. The summed E-state index contributed by atoms with van der Waals surface area (Å²) in [6, 6.07) is 16.4. The van der Waals surface area contributed by atoms with Gasteiger partial charge in [-0.25, -0.2) is 0 Å². The highest BCUT2D eigenvalue weighted by Crippen LogP contribution is 2.54. The van der Waals surface area contributed by atoms with E-state index in [0.717, 1.165) is 25.7 Å². The molecule has 1 saturated carbocycles. The van der Waals surface area contributed by atoms with E-state index in [1.165, 1.54) is 16.7 Å². The maximum Gasteiger partial charge on any atom is 0.127 e. The van der Waals surface area contributed by atoms with Crippen molar-refractivity contribution in [2.45, 2.75) is 49.5 Å². The number of benzene rings is 2. The van der Waals surface area contributed by atoms with Gasteiger partial charge in [-0.1, -0.05) is 42.3 Å². The van der Waals surface area contributed by atoms with E-state index < -0.39 is 5.60 Å². The maximum absolute atomic E-state index is 10.9. The predicted octanol–water partition coefficient (Wildman–Crippen LogP) is 4.55. The standard InChI is InChI=1S/C23H23ClO2/c24-13-12-22(26)10-11-23(15-17-4-2-1-3-5-17)19(16-22)7-6-18-14-20(25)8-9-21(18)23/h1-5,8-9,14,19,25-26H,6-7,10-11,15-16H2/t19?,22-,23-/m0/s1. The molecule has 0 bridgehead atoms. The van der Waals surface area contributed by atoms with Gasteiger partial charge in [0.05, 0.1) is 0 Å². The highest BCUT2D eigenvalue weighted by molar-refractivity contribution is 6.30. The molecule has 1 fully saturated rings. The normalized spacial score (nSPS) is 29.8. The van der Waals surface area contributed by atoms with Crippen LogP contribution in [-0.2, 0) is 18.3 Å². The Labute approximate surface area is 159 Å². The highest BCUT2D eigenvalue weighted by Gasteiger charge is 2.51. The lowest BCUT2D eigenvalue weighted by molar-refractivity contribution is -0.00796. The minimum atomic E-state index is -0.985. The number of hydrogen-bond donors (Lipinski definition) is 2.